The van der Waals surface area contributed by atoms with Crippen molar-refractivity contribution in [3.63, 3.8) is 0 Å². The highest BCUT2D eigenvalue weighted by molar-refractivity contribution is 7.86. The van der Waals surface area contributed by atoms with E-state index in [-0.39, 0.29) is 0 Å². The molecule has 0 bridgehead atoms. The number of unbranched alkanes of at least 4 members (excludes halogenated alkanes) is 2. The minimum Gasteiger partial charge on any atom is -0.195 e. The van der Waals surface area contributed by atoms with E-state index in [9.17, 15) is 8.42 Å². The Morgan fingerprint density at radius 2 is 1.18 bits per heavy atom. The lowest BCUT2D eigenvalue weighted by molar-refractivity contribution is 0.340. The van der Waals surface area contributed by atoms with E-state index in [4.69, 9.17) is 0 Å². The molecule has 0 aliphatic rings. The summed E-state index contributed by atoms with van der Waals surface area (Å²) in [6, 6.07) is 0. The van der Waals surface area contributed by atoms with E-state index in [1.54, 1.807) is 8.61 Å². The van der Waals surface area contributed by atoms with E-state index in [1.807, 2.05) is 13.8 Å². The number of hydrogen-bond acceptors (Lipinski definition) is 2. The Morgan fingerprint density at radius 3 is 1.47 bits per heavy atom. The Bertz CT molecular complexity index is 266. The highest BCUT2D eigenvalue weighted by atomic mass is 32.2. The fourth-order valence-corrected chi connectivity index (χ4v) is 3.42. The van der Waals surface area contributed by atoms with Crippen molar-refractivity contribution in [2.24, 2.45) is 0 Å². The van der Waals surface area contributed by atoms with Crippen molar-refractivity contribution in [1.29, 1.82) is 0 Å². The molecule has 0 radical (unpaired) electrons. The predicted octanol–water partition coefficient (Wildman–Crippen LogP) is 2.48. The maximum atomic E-state index is 12.4. The third-order valence-electron chi connectivity index (χ3n) is 2.88. The van der Waals surface area contributed by atoms with Gasteiger partial charge in [-0.25, -0.2) is 0 Å². The molecule has 0 rings (SSSR count). The summed E-state index contributed by atoms with van der Waals surface area (Å²) < 4.78 is 27.9. The van der Waals surface area contributed by atoms with Crippen LogP contribution < -0.4 is 0 Å². The minimum absolute atomic E-state index is 0.549. The molecule has 0 N–H and O–H groups in total. The van der Waals surface area contributed by atoms with Crippen LogP contribution in [0.25, 0.3) is 0 Å². The van der Waals surface area contributed by atoms with Crippen LogP contribution in [0.15, 0.2) is 0 Å². The first-order valence-corrected chi connectivity index (χ1v) is 8.19. The van der Waals surface area contributed by atoms with Crippen molar-refractivity contribution in [2.45, 2.75) is 53.4 Å². The van der Waals surface area contributed by atoms with Crippen LogP contribution in [-0.2, 0) is 10.2 Å². The van der Waals surface area contributed by atoms with Crippen molar-refractivity contribution in [2.75, 3.05) is 26.2 Å². The molecule has 0 heterocycles. The number of hydrogen-bond donors (Lipinski definition) is 0. The maximum absolute atomic E-state index is 12.4. The molecule has 4 nitrogen and oxygen atoms in total. The highest BCUT2D eigenvalue weighted by Gasteiger charge is 2.26. The predicted molar refractivity (Wildman–Crippen MR) is 73.2 cm³/mol. The molecule has 104 valence electrons. The molecule has 0 atom stereocenters. The fraction of sp³-hybridized carbons (Fsp3) is 1.00. The summed E-state index contributed by atoms with van der Waals surface area (Å²) in [6.07, 6.45) is 3.92. The van der Waals surface area contributed by atoms with Crippen LogP contribution >= 0.6 is 0 Å². The van der Waals surface area contributed by atoms with Gasteiger partial charge in [0.05, 0.1) is 0 Å². The van der Waals surface area contributed by atoms with E-state index in [0.29, 0.717) is 26.2 Å². The first kappa shape index (κ1) is 16.9. The van der Waals surface area contributed by atoms with E-state index in [2.05, 4.69) is 13.8 Å². The molecule has 0 amide bonds. The monoisotopic (exact) mass is 264 g/mol. The van der Waals surface area contributed by atoms with Gasteiger partial charge in [0.15, 0.2) is 0 Å². The molecule has 17 heavy (non-hydrogen) atoms. The Labute approximate surface area is 107 Å². The zero-order valence-corrected chi connectivity index (χ0v) is 12.6. The smallest absolute Gasteiger partial charge is 0.195 e. The average molecular weight is 264 g/mol. The van der Waals surface area contributed by atoms with E-state index in [1.165, 1.54) is 0 Å². The van der Waals surface area contributed by atoms with Crippen molar-refractivity contribution >= 4 is 10.2 Å². The van der Waals surface area contributed by atoms with Gasteiger partial charge in [-0.3, -0.25) is 0 Å². The van der Waals surface area contributed by atoms with Gasteiger partial charge in [0.1, 0.15) is 0 Å². The molecule has 0 aromatic heterocycles. The van der Waals surface area contributed by atoms with Crippen LogP contribution in [-0.4, -0.2) is 43.2 Å². The molecule has 0 aliphatic carbocycles. The summed E-state index contributed by atoms with van der Waals surface area (Å²) in [5.41, 5.74) is 0. The number of nitrogens with zero attached hydrogens (tertiary/aromatic N) is 2. The fourth-order valence-electron chi connectivity index (χ4n) is 1.72. The summed E-state index contributed by atoms with van der Waals surface area (Å²) in [5.74, 6) is 0. The van der Waals surface area contributed by atoms with E-state index < -0.39 is 10.2 Å². The lowest BCUT2D eigenvalue weighted by Crippen LogP contribution is -2.44. The average Bonchev–Trinajstić information content (AvgIpc) is 2.30. The molecule has 0 aromatic carbocycles. The Hall–Kier alpha value is -0.130. The van der Waals surface area contributed by atoms with E-state index in [0.717, 1.165) is 25.7 Å². The van der Waals surface area contributed by atoms with Gasteiger partial charge < -0.3 is 0 Å². The van der Waals surface area contributed by atoms with Crippen LogP contribution in [0.1, 0.15) is 53.4 Å². The highest BCUT2D eigenvalue weighted by Crippen LogP contribution is 2.11. The Morgan fingerprint density at radius 1 is 0.765 bits per heavy atom. The molecule has 0 saturated heterocycles. The van der Waals surface area contributed by atoms with Gasteiger partial charge in [-0.05, 0) is 12.8 Å². The van der Waals surface area contributed by atoms with Gasteiger partial charge in [0.2, 0.25) is 0 Å². The largest absolute Gasteiger partial charge is 0.281 e. The third kappa shape index (κ3) is 5.36. The topological polar surface area (TPSA) is 40.6 Å². The Balaban J connectivity index is 4.73. The summed E-state index contributed by atoms with van der Waals surface area (Å²) in [4.78, 5) is 0. The maximum Gasteiger partial charge on any atom is 0.281 e. The molecule has 0 spiro atoms. The Kier molecular flexibility index (Phi) is 8.82. The second kappa shape index (κ2) is 8.89. The molecule has 0 saturated carbocycles. The van der Waals surface area contributed by atoms with Gasteiger partial charge in [0, 0.05) is 26.2 Å². The number of rotatable bonds is 10. The molecular formula is C12H28N2O2S. The standard InChI is InChI=1S/C12H28N2O2S/c1-5-9-11-14(12-10-6-2)17(15,16)13(7-3)8-4/h5-12H2,1-4H3. The molecular weight excluding hydrogens is 236 g/mol. The summed E-state index contributed by atoms with van der Waals surface area (Å²) >= 11 is 0. The van der Waals surface area contributed by atoms with Crippen LogP contribution in [0, 0.1) is 0 Å². The van der Waals surface area contributed by atoms with Crippen molar-refractivity contribution in [3.8, 4) is 0 Å². The zero-order chi connectivity index (χ0) is 13.3. The van der Waals surface area contributed by atoms with Crippen molar-refractivity contribution < 1.29 is 8.42 Å². The summed E-state index contributed by atoms with van der Waals surface area (Å²) in [7, 11) is -3.24. The second-order valence-electron chi connectivity index (χ2n) is 4.20. The van der Waals surface area contributed by atoms with Gasteiger partial charge in [-0.15, -0.1) is 0 Å². The first-order chi connectivity index (χ1) is 8.04. The van der Waals surface area contributed by atoms with Crippen molar-refractivity contribution in [1.82, 2.24) is 8.61 Å². The van der Waals surface area contributed by atoms with Crippen LogP contribution in [0.2, 0.25) is 0 Å². The van der Waals surface area contributed by atoms with Gasteiger partial charge in [0.25, 0.3) is 10.2 Å². The van der Waals surface area contributed by atoms with Gasteiger partial charge in [-0.2, -0.15) is 17.0 Å². The van der Waals surface area contributed by atoms with E-state index >= 15 is 0 Å². The SMILES string of the molecule is CCCCN(CCCC)S(=O)(=O)N(CC)CC. The lowest BCUT2D eigenvalue weighted by Gasteiger charge is -2.28. The zero-order valence-electron chi connectivity index (χ0n) is 11.8. The minimum atomic E-state index is -3.24. The second-order valence-corrected chi connectivity index (χ2v) is 6.13. The van der Waals surface area contributed by atoms with Crippen LogP contribution in [0.4, 0.5) is 0 Å². The van der Waals surface area contributed by atoms with Gasteiger partial charge in [-0.1, -0.05) is 40.5 Å². The lowest BCUT2D eigenvalue weighted by atomic mass is 10.3. The molecule has 5 heteroatoms. The summed E-state index contributed by atoms with van der Waals surface area (Å²) in [5, 5.41) is 0. The molecule has 0 aromatic rings. The summed E-state index contributed by atoms with van der Waals surface area (Å²) in [6.45, 7) is 10.3. The third-order valence-corrected chi connectivity index (χ3v) is 5.07. The van der Waals surface area contributed by atoms with Crippen molar-refractivity contribution in [3.05, 3.63) is 0 Å². The van der Waals surface area contributed by atoms with Crippen LogP contribution in [0.5, 0.6) is 0 Å². The van der Waals surface area contributed by atoms with Gasteiger partial charge >= 0.3 is 0 Å². The van der Waals surface area contributed by atoms with Crippen LogP contribution in [0.3, 0.4) is 0 Å². The molecule has 0 fully saturated rings. The quantitative estimate of drug-likeness (QED) is 0.608. The molecule has 0 unspecified atom stereocenters. The molecule has 0 aliphatic heterocycles. The first-order valence-electron chi connectivity index (χ1n) is 6.79. The normalized spacial score (nSPS) is 12.6.